The van der Waals surface area contributed by atoms with Crippen molar-refractivity contribution in [2.24, 2.45) is 7.05 Å². The third-order valence-corrected chi connectivity index (χ3v) is 5.35. The highest BCUT2D eigenvalue weighted by molar-refractivity contribution is 7.85. The van der Waals surface area contributed by atoms with Gasteiger partial charge in [-0.15, -0.1) is 0 Å². The molecule has 0 saturated carbocycles. The molecule has 7 nitrogen and oxygen atoms in total. The van der Waals surface area contributed by atoms with Gasteiger partial charge in [-0.25, -0.2) is 15.0 Å². The smallest absolute Gasteiger partial charge is 0.433 e. The topological polar surface area (TPSA) is 101 Å². The van der Waals surface area contributed by atoms with Gasteiger partial charge in [0.05, 0.1) is 39.1 Å². The maximum Gasteiger partial charge on any atom is 0.433 e. The Morgan fingerprint density at radius 1 is 1.13 bits per heavy atom. The molecule has 0 aliphatic rings. The molecule has 0 bridgehead atoms. The second-order valence-corrected chi connectivity index (χ2v) is 9.13. The molecule has 3 aromatic rings. The van der Waals surface area contributed by atoms with Gasteiger partial charge >= 0.3 is 6.18 Å². The summed E-state index contributed by atoms with van der Waals surface area (Å²) in [6.45, 7) is 7.42. The van der Waals surface area contributed by atoms with Crippen molar-refractivity contribution in [3.8, 4) is 17.3 Å². The van der Waals surface area contributed by atoms with E-state index in [9.17, 15) is 17.4 Å². The van der Waals surface area contributed by atoms with Crippen LogP contribution in [0.15, 0.2) is 29.4 Å². The Hall–Kier alpha value is -2.53. The molecule has 0 fully saturated rings. The van der Waals surface area contributed by atoms with E-state index in [-0.39, 0.29) is 11.0 Å². The summed E-state index contributed by atoms with van der Waals surface area (Å²) in [5.41, 5.74) is -0.605. The Kier molecular flexibility index (Phi) is 6.57. The van der Waals surface area contributed by atoms with Crippen molar-refractivity contribution in [3.05, 3.63) is 30.2 Å². The quantitative estimate of drug-likeness (QED) is 0.613. The predicted molar refractivity (Wildman–Crippen MR) is 108 cm³/mol. The Morgan fingerprint density at radius 3 is 2.37 bits per heavy atom. The second-order valence-electron chi connectivity index (χ2n) is 7.42. The average Bonchev–Trinajstić information content (AvgIpc) is 2.95. The molecular weight excluding hydrogens is 421 g/mol. The number of hydrogen-bond donors (Lipinski definition) is 0. The fraction of sp³-hybridized carbons (Fsp3) is 0.421. The number of halogens is 3. The van der Waals surface area contributed by atoms with Crippen LogP contribution in [0.5, 0.6) is 5.75 Å². The van der Waals surface area contributed by atoms with E-state index in [2.05, 4.69) is 15.0 Å². The number of hydrogen-bond acceptors (Lipinski definition) is 5. The van der Waals surface area contributed by atoms with Crippen molar-refractivity contribution in [3.63, 3.8) is 0 Å². The zero-order chi connectivity index (χ0) is 21.6. The Labute approximate surface area is 174 Å². The third-order valence-electron chi connectivity index (χ3n) is 4.03. The van der Waals surface area contributed by atoms with Crippen LogP contribution < -0.4 is 4.74 Å². The number of pyridine rings is 2. The van der Waals surface area contributed by atoms with Crippen LogP contribution in [0.25, 0.3) is 22.6 Å². The monoisotopic (exact) mass is 444 g/mol. The van der Waals surface area contributed by atoms with Gasteiger partial charge in [-0.05, 0) is 26.8 Å². The molecule has 0 spiro atoms. The van der Waals surface area contributed by atoms with Crippen LogP contribution in [-0.4, -0.2) is 40.6 Å². The van der Waals surface area contributed by atoms with E-state index < -0.39 is 28.3 Å². The molecule has 2 N–H and O–H groups in total. The maximum absolute atomic E-state index is 13.0. The van der Waals surface area contributed by atoms with E-state index in [1.54, 1.807) is 24.6 Å². The summed E-state index contributed by atoms with van der Waals surface area (Å²) in [6, 6.07) is 2.54. The minimum Gasteiger partial charge on any atom is -0.486 e. The molecule has 30 heavy (non-hydrogen) atoms. The fourth-order valence-corrected chi connectivity index (χ4v) is 3.71. The molecule has 3 heterocycles. The molecule has 1 unspecified atom stereocenters. The molecule has 0 radical (unpaired) electrons. The average molecular weight is 444 g/mol. The predicted octanol–water partition coefficient (Wildman–Crippen LogP) is 3.53. The lowest BCUT2D eigenvalue weighted by molar-refractivity contribution is -0.141. The van der Waals surface area contributed by atoms with Crippen LogP contribution in [-0.2, 0) is 24.0 Å². The van der Waals surface area contributed by atoms with Crippen molar-refractivity contribution >= 4 is 21.8 Å². The first-order valence-electron chi connectivity index (χ1n) is 8.88. The highest BCUT2D eigenvalue weighted by Gasteiger charge is 2.33. The first-order valence-corrected chi connectivity index (χ1v) is 10.2. The van der Waals surface area contributed by atoms with E-state index in [0.717, 1.165) is 12.3 Å². The van der Waals surface area contributed by atoms with Gasteiger partial charge in [0.2, 0.25) is 0 Å². The standard InChI is InChI=1S/C19H21F3N4O2S.H2O/c1-6-29(27)14-7-11(28-18(2,3)4)9-24-16(14)17-25-12-8-15(19(20,21)22)23-10-13(12)26(17)5;/h7-10H,6H2,1-5H3;1H2. The molecule has 0 amide bonds. The van der Waals surface area contributed by atoms with Crippen LogP contribution in [0.2, 0.25) is 0 Å². The highest BCUT2D eigenvalue weighted by atomic mass is 32.2. The summed E-state index contributed by atoms with van der Waals surface area (Å²) >= 11 is 0. The zero-order valence-corrected chi connectivity index (χ0v) is 18.0. The number of imidazole rings is 1. The first-order chi connectivity index (χ1) is 13.4. The van der Waals surface area contributed by atoms with E-state index >= 15 is 0 Å². The second kappa shape index (κ2) is 8.31. The van der Waals surface area contributed by atoms with Gasteiger partial charge in [-0.1, -0.05) is 6.92 Å². The summed E-state index contributed by atoms with van der Waals surface area (Å²) < 4.78 is 59.0. The van der Waals surface area contributed by atoms with Gasteiger partial charge in [0.25, 0.3) is 0 Å². The molecule has 3 aromatic heterocycles. The molecular formula is C19H23F3N4O3S. The summed E-state index contributed by atoms with van der Waals surface area (Å²) in [5.74, 6) is 1.11. The minimum absolute atomic E-state index is 0. The molecule has 0 aliphatic heterocycles. The van der Waals surface area contributed by atoms with Gasteiger partial charge < -0.3 is 14.8 Å². The molecule has 3 rings (SSSR count). The molecule has 164 valence electrons. The SMILES string of the molecule is CCS(=O)c1cc(OC(C)(C)C)cnc1-c1nc2cc(C(F)(F)F)ncc2n1C.O. The Morgan fingerprint density at radius 2 is 1.80 bits per heavy atom. The van der Waals surface area contributed by atoms with Crippen molar-refractivity contribution < 1.29 is 27.6 Å². The molecule has 11 heteroatoms. The molecule has 1 atom stereocenters. The number of nitrogens with zero attached hydrogens (tertiary/aromatic N) is 4. The summed E-state index contributed by atoms with van der Waals surface area (Å²) in [4.78, 5) is 12.6. The van der Waals surface area contributed by atoms with Crippen LogP contribution in [0.4, 0.5) is 13.2 Å². The largest absolute Gasteiger partial charge is 0.486 e. The van der Waals surface area contributed by atoms with E-state index in [0.29, 0.717) is 33.4 Å². The van der Waals surface area contributed by atoms with Crippen molar-refractivity contribution in [1.29, 1.82) is 0 Å². The van der Waals surface area contributed by atoms with E-state index in [1.807, 2.05) is 20.8 Å². The first kappa shape index (κ1) is 23.7. The molecule has 0 aliphatic carbocycles. The number of aryl methyl sites for hydroxylation is 1. The van der Waals surface area contributed by atoms with Crippen molar-refractivity contribution in [2.45, 2.75) is 44.4 Å². The lowest BCUT2D eigenvalue weighted by Gasteiger charge is -2.21. The van der Waals surface area contributed by atoms with Crippen molar-refractivity contribution in [2.75, 3.05) is 5.75 Å². The van der Waals surface area contributed by atoms with Crippen molar-refractivity contribution in [1.82, 2.24) is 19.5 Å². The lowest BCUT2D eigenvalue weighted by Crippen LogP contribution is -2.23. The summed E-state index contributed by atoms with van der Waals surface area (Å²) in [6.07, 6.45) is -1.94. The minimum atomic E-state index is -4.56. The van der Waals surface area contributed by atoms with Gasteiger partial charge in [-0.3, -0.25) is 4.21 Å². The van der Waals surface area contributed by atoms with Gasteiger partial charge in [0, 0.05) is 18.9 Å². The maximum atomic E-state index is 13.0. The Balaban J connectivity index is 0.00000320. The van der Waals surface area contributed by atoms with Crippen LogP contribution in [0, 0.1) is 0 Å². The highest BCUT2D eigenvalue weighted by Crippen LogP contribution is 2.33. The summed E-state index contributed by atoms with van der Waals surface area (Å²) in [5, 5.41) is 0. The summed E-state index contributed by atoms with van der Waals surface area (Å²) in [7, 11) is 0.271. The van der Waals surface area contributed by atoms with Crippen LogP contribution in [0.1, 0.15) is 33.4 Å². The molecule has 0 aromatic carbocycles. The van der Waals surface area contributed by atoms with E-state index in [4.69, 9.17) is 4.74 Å². The van der Waals surface area contributed by atoms with Gasteiger partial charge in [0.1, 0.15) is 22.7 Å². The molecule has 0 saturated heterocycles. The number of aromatic nitrogens is 4. The lowest BCUT2D eigenvalue weighted by atomic mass is 10.2. The number of rotatable bonds is 4. The van der Waals surface area contributed by atoms with Gasteiger partial charge in [-0.2, -0.15) is 13.2 Å². The van der Waals surface area contributed by atoms with Gasteiger partial charge in [0.15, 0.2) is 5.82 Å². The van der Waals surface area contributed by atoms with Crippen LogP contribution in [0.3, 0.4) is 0 Å². The van der Waals surface area contributed by atoms with E-state index in [1.165, 1.54) is 6.20 Å². The fourth-order valence-electron chi connectivity index (χ4n) is 2.79. The normalized spacial score (nSPS) is 13.2. The number of fused-ring (bicyclic) bond motifs is 1. The number of alkyl halides is 3. The van der Waals surface area contributed by atoms with Crippen LogP contribution >= 0.6 is 0 Å². The Bertz CT molecular complexity index is 1090. The third kappa shape index (κ3) is 4.78. The number of ether oxygens (including phenoxy) is 1. The zero-order valence-electron chi connectivity index (χ0n) is 17.2.